The molecular formula is C14H18N2OS. The van der Waals surface area contributed by atoms with E-state index >= 15 is 0 Å². The predicted molar refractivity (Wildman–Crippen MR) is 76.2 cm³/mol. The van der Waals surface area contributed by atoms with Crippen LogP contribution >= 0.6 is 11.3 Å². The van der Waals surface area contributed by atoms with Crippen LogP contribution in [0, 0.1) is 0 Å². The summed E-state index contributed by atoms with van der Waals surface area (Å²) in [5.41, 5.74) is 0.882. The summed E-state index contributed by atoms with van der Waals surface area (Å²) in [6.45, 7) is 8.55. The fraction of sp³-hybridized carbons (Fsp3) is 0.429. The van der Waals surface area contributed by atoms with Gasteiger partial charge < -0.3 is 4.98 Å². The maximum Gasteiger partial charge on any atom is 0.251 e. The SMILES string of the molecule is CCc1cc(=O)[nH]c(-c2ccc(C(C)(C)C)s2)n1. The second-order valence-electron chi connectivity index (χ2n) is 5.35. The van der Waals surface area contributed by atoms with Gasteiger partial charge in [-0.3, -0.25) is 4.79 Å². The molecule has 0 amide bonds. The van der Waals surface area contributed by atoms with Gasteiger partial charge >= 0.3 is 0 Å². The highest BCUT2D eigenvalue weighted by atomic mass is 32.1. The van der Waals surface area contributed by atoms with Crippen LogP contribution in [0.25, 0.3) is 10.7 Å². The van der Waals surface area contributed by atoms with Crippen molar-refractivity contribution in [2.75, 3.05) is 0 Å². The summed E-state index contributed by atoms with van der Waals surface area (Å²) in [5, 5.41) is 0. The van der Waals surface area contributed by atoms with Gasteiger partial charge in [0.15, 0.2) is 0 Å². The van der Waals surface area contributed by atoms with E-state index in [2.05, 4.69) is 36.8 Å². The van der Waals surface area contributed by atoms with Gasteiger partial charge in [0, 0.05) is 16.6 Å². The lowest BCUT2D eigenvalue weighted by molar-refractivity contribution is 0.604. The maximum atomic E-state index is 11.6. The van der Waals surface area contributed by atoms with Gasteiger partial charge in [0.05, 0.1) is 4.88 Å². The van der Waals surface area contributed by atoms with Crippen molar-refractivity contribution in [2.45, 2.75) is 39.5 Å². The summed E-state index contributed by atoms with van der Waals surface area (Å²) in [4.78, 5) is 21.1. The van der Waals surface area contributed by atoms with Crippen molar-refractivity contribution in [3.8, 4) is 10.7 Å². The quantitative estimate of drug-likeness (QED) is 0.902. The van der Waals surface area contributed by atoms with E-state index in [1.165, 1.54) is 4.88 Å². The molecule has 0 aliphatic carbocycles. The standard InChI is InChI=1S/C14H18N2OS/c1-5-9-8-12(17)16-13(15-9)10-6-7-11(18-10)14(2,3)4/h6-8H,5H2,1-4H3,(H,15,16,17). The molecule has 0 aliphatic heterocycles. The first-order valence-electron chi connectivity index (χ1n) is 6.11. The van der Waals surface area contributed by atoms with Gasteiger partial charge in [0.25, 0.3) is 5.56 Å². The normalized spacial score (nSPS) is 11.8. The number of aromatic amines is 1. The Morgan fingerprint density at radius 1 is 1.33 bits per heavy atom. The number of nitrogens with zero attached hydrogens (tertiary/aromatic N) is 1. The van der Waals surface area contributed by atoms with Gasteiger partial charge in [-0.25, -0.2) is 4.98 Å². The van der Waals surface area contributed by atoms with E-state index in [1.54, 1.807) is 17.4 Å². The molecule has 0 fully saturated rings. The Kier molecular flexibility index (Phi) is 3.39. The Hall–Kier alpha value is -1.42. The van der Waals surface area contributed by atoms with Crippen LogP contribution in [0.15, 0.2) is 23.0 Å². The minimum absolute atomic E-state index is 0.0810. The van der Waals surface area contributed by atoms with E-state index in [0.29, 0.717) is 5.82 Å². The van der Waals surface area contributed by atoms with Crippen molar-refractivity contribution < 1.29 is 0 Å². The summed E-state index contributed by atoms with van der Waals surface area (Å²) in [6, 6.07) is 5.70. The van der Waals surface area contributed by atoms with Crippen molar-refractivity contribution in [1.82, 2.24) is 9.97 Å². The summed E-state index contributed by atoms with van der Waals surface area (Å²) in [7, 11) is 0. The average Bonchev–Trinajstić information content (AvgIpc) is 2.77. The number of hydrogen-bond donors (Lipinski definition) is 1. The lowest BCUT2D eigenvalue weighted by Crippen LogP contribution is -2.09. The van der Waals surface area contributed by atoms with Crippen LogP contribution in [-0.2, 0) is 11.8 Å². The molecule has 0 aliphatic rings. The zero-order valence-electron chi connectivity index (χ0n) is 11.2. The first-order chi connectivity index (χ1) is 8.40. The molecule has 0 bridgehead atoms. The smallest absolute Gasteiger partial charge is 0.251 e. The molecule has 2 heterocycles. The van der Waals surface area contributed by atoms with Gasteiger partial charge in [-0.1, -0.05) is 27.7 Å². The Morgan fingerprint density at radius 2 is 2.06 bits per heavy atom. The van der Waals surface area contributed by atoms with E-state index in [1.807, 2.05) is 13.0 Å². The third-order valence-electron chi connectivity index (χ3n) is 2.74. The topological polar surface area (TPSA) is 45.8 Å². The fourth-order valence-corrected chi connectivity index (χ4v) is 2.68. The maximum absolute atomic E-state index is 11.6. The number of aryl methyl sites for hydroxylation is 1. The van der Waals surface area contributed by atoms with Gasteiger partial charge in [-0.2, -0.15) is 0 Å². The van der Waals surface area contributed by atoms with Crippen LogP contribution in [-0.4, -0.2) is 9.97 Å². The van der Waals surface area contributed by atoms with Gasteiger partial charge in [0.1, 0.15) is 5.82 Å². The van der Waals surface area contributed by atoms with E-state index in [0.717, 1.165) is 17.0 Å². The molecule has 2 aromatic rings. The molecule has 0 saturated carbocycles. The number of aromatic nitrogens is 2. The number of H-pyrrole nitrogens is 1. The molecular weight excluding hydrogens is 244 g/mol. The molecule has 1 N–H and O–H groups in total. The molecule has 0 spiro atoms. The second kappa shape index (κ2) is 4.69. The minimum Gasteiger partial charge on any atom is -0.306 e. The molecule has 4 heteroatoms. The van der Waals surface area contributed by atoms with Crippen molar-refractivity contribution in [3.63, 3.8) is 0 Å². The van der Waals surface area contributed by atoms with Gasteiger partial charge in [-0.15, -0.1) is 11.3 Å². The van der Waals surface area contributed by atoms with Crippen LogP contribution in [0.4, 0.5) is 0 Å². The second-order valence-corrected chi connectivity index (χ2v) is 6.44. The zero-order valence-corrected chi connectivity index (χ0v) is 12.0. The zero-order chi connectivity index (χ0) is 13.3. The van der Waals surface area contributed by atoms with Gasteiger partial charge in [0.2, 0.25) is 0 Å². The Balaban J connectivity index is 2.46. The highest BCUT2D eigenvalue weighted by Crippen LogP contribution is 2.33. The van der Waals surface area contributed by atoms with Crippen LogP contribution < -0.4 is 5.56 Å². The molecule has 2 aromatic heterocycles. The molecule has 3 nitrogen and oxygen atoms in total. The molecule has 0 saturated heterocycles. The lowest BCUT2D eigenvalue weighted by Gasteiger charge is -2.15. The summed E-state index contributed by atoms with van der Waals surface area (Å²) >= 11 is 1.69. The lowest BCUT2D eigenvalue weighted by atomic mass is 9.95. The third kappa shape index (κ3) is 2.70. The largest absolute Gasteiger partial charge is 0.306 e. The first-order valence-corrected chi connectivity index (χ1v) is 6.92. The van der Waals surface area contributed by atoms with E-state index < -0.39 is 0 Å². The fourth-order valence-electron chi connectivity index (χ4n) is 1.67. The number of nitrogens with one attached hydrogen (secondary N) is 1. The minimum atomic E-state index is -0.0810. The van der Waals surface area contributed by atoms with E-state index in [-0.39, 0.29) is 11.0 Å². The molecule has 0 radical (unpaired) electrons. The Labute approximate surface area is 111 Å². The molecule has 2 rings (SSSR count). The number of thiophene rings is 1. The Morgan fingerprint density at radius 3 is 2.61 bits per heavy atom. The highest BCUT2D eigenvalue weighted by Gasteiger charge is 2.17. The number of rotatable bonds is 2. The van der Waals surface area contributed by atoms with Crippen LogP contribution in [0.1, 0.15) is 38.3 Å². The Bertz CT molecular complexity index is 605. The van der Waals surface area contributed by atoms with Crippen molar-refractivity contribution in [2.24, 2.45) is 0 Å². The van der Waals surface area contributed by atoms with Gasteiger partial charge in [-0.05, 0) is 24.0 Å². The summed E-state index contributed by atoms with van der Waals surface area (Å²) in [5.74, 6) is 0.680. The van der Waals surface area contributed by atoms with E-state index in [4.69, 9.17) is 0 Å². The predicted octanol–water partition coefficient (Wildman–Crippen LogP) is 3.36. The van der Waals surface area contributed by atoms with Crippen LogP contribution in [0.5, 0.6) is 0 Å². The molecule has 18 heavy (non-hydrogen) atoms. The van der Waals surface area contributed by atoms with Crippen molar-refractivity contribution in [3.05, 3.63) is 39.1 Å². The van der Waals surface area contributed by atoms with Crippen LogP contribution in [0.2, 0.25) is 0 Å². The van der Waals surface area contributed by atoms with E-state index in [9.17, 15) is 4.79 Å². The first kappa shape index (κ1) is 13.0. The molecule has 0 atom stereocenters. The highest BCUT2D eigenvalue weighted by molar-refractivity contribution is 7.15. The monoisotopic (exact) mass is 262 g/mol. The molecule has 0 unspecified atom stereocenters. The summed E-state index contributed by atoms with van der Waals surface area (Å²) < 4.78 is 0. The third-order valence-corrected chi connectivity index (χ3v) is 4.25. The van der Waals surface area contributed by atoms with Crippen molar-refractivity contribution >= 4 is 11.3 Å². The van der Waals surface area contributed by atoms with Crippen molar-refractivity contribution in [1.29, 1.82) is 0 Å². The summed E-state index contributed by atoms with van der Waals surface area (Å²) in [6.07, 6.45) is 0.772. The molecule has 96 valence electrons. The number of hydrogen-bond acceptors (Lipinski definition) is 3. The average molecular weight is 262 g/mol. The molecule has 0 aromatic carbocycles. The van der Waals surface area contributed by atoms with Crippen LogP contribution in [0.3, 0.4) is 0 Å².